The second-order valence-corrected chi connectivity index (χ2v) is 11.2. The van der Waals surface area contributed by atoms with Gasteiger partial charge in [0.2, 0.25) is 6.23 Å². The highest BCUT2D eigenvalue weighted by atomic mass is 35.5. The number of furan rings is 1. The fourth-order valence-corrected chi connectivity index (χ4v) is 4.99. The fourth-order valence-electron chi connectivity index (χ4n) is 4.25. The molecule has 43 heavy (non-hydrogen) atoms. The number of aliphatic hydroxyl groups is 3. The smallest absolute Gasteiger partial charge is 0.326 e. The molecular weight excluding hydrogens is 618 g/mol. The van der Waals surface area contributed by atoms with Crippen LogP contribution in [0.15, 0.2) is 28.6 Å². The van der Waals surface area contributed by atoms with E-state index in [1.54, 1.807) is 33.3 Å². The number of nitrogens with zero attached hydrogens (tertiary/aromatic N) is 2. The van der Waals surface area contributed by atoms with Gasteiger partial charge >= 0.3 is 11.9 Å². The summed E-state index contributed by atoms with van der Waals surface area (Å²) in [4.78, 5) is 45.1. The first kappa shape index (κ1) is 37.9. The van der Waals surface area contributed by atoms with Gasteiger partial charge in [0.1, 0.15) is 30.6 Å². The van der Waals surface area contributed by atoms with Gasteiger partial charge in [-0.05, 0) is 18.6 Å². The number of quaternary nitrogens is 1. The minimum atomic E-state index is -1.88. The Kier molecular flexibility index (Phi) is 15.2. The number of ether oxygens (including phenoxy) is 1. The molecular formula is C24H38ClN5O12S. The molecule has 1 aromatic heterocycles. The highest BCUT2D eigenvalue weighted by Crippen LogP contribution is 2.29. The third-order valence-electron chi connectivity index (χ3n) is 6.39. The van der Waals surface area contributed by atoms with Crippen LogP contribution in [0.1, 0.15) is 24.4 Å². The molecule has 1 amide bonds. The maximum Gasteiger partial charge on any atom is 0.326 e. The Balaban J connectivity index is 0.00000924. The van der Waals surface area contributed by atoms with Gasteiger partial charge in [-0.25, -0.2) is 4.79 Å². The van der Waals surface area contributed by atoms with Crippen molar-refractivity contribution in [3.8, 4) is 0 Å². The number of carboxylic acids is 2. The van der Waals surface area contributed by atoms with Crippen LogP contribution < -0.4 is 28.4 Å². The number of nitro groups is 1. The highest BCUT2D eigenvalue weighted by Gasteiger charge is 2.53. The molecule has 1 aliphatic rings. The molecule has 6 unspecified atom stereocenters. The predicted octanol–water partition coefficient (Wildman–Crippen LogP) is -4.78. The van der Waals surface area contributed by atoms with Gasteiger partial charge in [0.05, 0.1) is 24.8 Å². The fraction of sp³-hybridized carbons (Fsp3) is 0.625. The average molecular weight is 656 g/mol. The number of hydrogen-bond acceptors (Lipinski definition) is 13. The molecule has 6 atom stereocenters. The quantitative estimate of drug-likeness (QED) is 0.0339. The van der Waals surface area contributed by atoms with Crippen molar-refractivity contribution in [2.75, 3.05) is 33.4 Å². The number of carboxylic acid groups (broad SMARTS) is 2. The SMILES string of the molecule is CNC(=C[N+](=O)[O-])NCCSCc1ccc(C[N+](C)(C)C2OC(C(=O)NC(CCC(=O)O)C(=O)O)C(O)C(O)C2O)o1.[Cl-]. The van der Waals surface area contributed by atoms with Gasteiger partial charge < -0.3 is 63.0 Å². The number of hydrogen-bond donors (Lipinski definition) is 8. The first-order valence-electron chi connectivity index (χ1n) is 12.9. The largest absolute Gasteiger partial charge is 1.00 e. The van der Waals surface area contributed by atoms with Crippen LogP contribution in [0.2, 0.25) is 0 Å². The van der Waals surface area contributed by atoms with Gasteiger partial charge in [0, 0.05) is 25.8 Å². The van der Waals surface area contributed by atoms with Gasteiger partial charge in [-0.1, -0.05) is 0 Å². The Morgan fingerprint density at radius 3 is 2.37 bits per heavy atom. The van der Waals surface area contributed by atoms with Crippen LogP contribution in [0.25, 0.3) is 0 Å². The summed E-state index contributed by atoms with van der Waals surface area (Å²) in [5.74, 6) is -1.28. The maximum absolute atomic E-state index is 12.8. The van der Waals surface area contributed by atoms with Crippen LogP contribution in [0, 0.1) is 10.1 Å². The van der Waals surface area contributed by atoms with Crippen molar-refractivity contribution < 1.29 is 70.9 Å². The summed E-state index contributed by atoms with van der Waals surface area (Å²) in [5.41, 5.74) is 0. The molecule has 8 N–H and O–H groups in total. The van der Waals surface area contributed by atoms with Crippen molar-refractivity contribution in [2.45, 2.75) is 61.8 Å². The lowest BCUT2D eigenvalue weighted by molar-refractivity contribution is -0.957. The lowest BCUT2D eigenvalue weighted by Crippen LogP contribution is -3.00. The molecule has 0 bridgehead atoms. The van der Waals surface area contributed by atoms with Crippen LogP contribution in [-0.4, -0.2) is 123 Å². The van der Waals surface area contributed by atoms with Crippen LogP contribution >= 0.6 is 11.8 Å². The maximum atomic E-state index is 12.8. The number of carbonyl (C=O) groups excluding carboxylic acids is 1. The molecule has 0 saturated carbocycles. The van der Waals surface area contributed by atoms with Crippen molar-refractivity contribution in [1.82, 2.24) is 16.0 Å². The van der Waals surface area contributed by atoms with Crippen LogP contribution in [-0.2, 0) is 31.4 Å². The molecule has 1 fully saturated rings. The molecule has 1 aliphatic heterocycles. The van der Waals surface area contributed by atoms with E-state index in [0.717, 1.165) is 6.20 Å². The Bertz CT molecular complexity index is 1140. The summed E-state index contributed by atoms with van der Waals surface area (Å²) in [5, 5.41) is 68.1. The lowest BCUT2D eigenvalue weighted by atomic mass is 9.95. The molecule has 0 spiro atoms. The van der Waals surface area contributed by atoms with Crippen molar-refractivity contribution in [3.63, 3.8) is 0 Å². The van der Waals surface area contributed by atoms with Gasteiger partial charge in [0.15, 0.2) is 23.8 Å². The van der Waals surface area contributed by atoms with E-state index in [2.05, 4.69) is 16.0 Å². The number of rotatable bonds is 17. The monoisotopic (exact) mass is 655 g/mol. The first-order valence-corrected chi connectivity index (χ1v) is 14.0. The zero-order valence-electron chi connectivity index (χ0n) is 23.7. The highest BCUT2D eigenvalue weighted by molar-refractivity contribution is 7.98. The number of likely N-dealkylation sites (N-methyl/N-ethyl adjacent to an activating group) is 1. The molecule has 0 aromatic carbocycles. The van der Waals surface area contributed by atoms with E-state index in [-0.39, 0.29) is 29.3 Å². The normalized spacial score (nSPS) is 23.0. The summed E-state index contributed by atoms with van der Waals surface area (Å²) in [6.07, 6.45) is -8.42. The van der Waals surface area contributed by atoms with E-state index < -0.39 is 72.3 Å². The predicted molar refractivity (Wildman–Crippen MR) is 146 cm³/mol. The summed E-state index contributed by atoms with van der Waals surface area (Å²) >= 11 is 1.52. The number of aliphatic carboxylic acids is 2. The first-order chi connectivity index (χ1) is 19.7. The number of amides is 1. The number of halogens is 1. The standard InChI is InChI=1S/C24H37N5O12S.ClH/c1-25-16(10-28(38)39)26-8-9-42-12-14-5-4-13(40-14)11-29(2,3)23-20(34)18(32)19(33)21(41-23)22(35)27-15(24(36)37)6-7-17(30)31;/h4-5,10,15,18-21,23,25-26,32-34H,6-9,11-12H2,1-3H3,(H2-,27,30,31,35,36,37);1H. The van der Waals surface area contributed by atoms with E-state index in [1.165, 1.54) is 11.8 Å². The average Bonchev–Trinajstić information content (AvgIpc) is 3.34. The van der Waals surface area contributed by atoms with Crippen molar-refractivity contribution in [1.29, 1.82) is 0 Å². The Morgan fingerprint density at radius 2 is 1.79 bits per heavy atom. The van der Waals surface area contributed by atoms with Gasteiger partial charge in [-0.15, -0.1) is 0 Å². The van der Waals surface area contributed by atoms with E-state index in [9.17, 15) is 44.9 Å². The summed E-state index contributed by atoms with van der Waals surface area (Å²) in [6.45, 7) is 0.605. The summed E-state index contributed by atoms with van der Waals surface area (Å²) in [6, 6.07) is 1.90. The van der Waals surface area contributed by atoms with Crippen molar-refractivity contribution in [3.05, 3.63) is 45.8 Å². The zero-order chi connectivity index (χ0) is 31.6. The van der Waals surface area contributed by atoms with Crippen molar-refractivity contribution >= 4 is 29.6 Å². The van der Waals surface area contributed by atoms with E-state index in [0.29, 0.717) is 29.6 Å². The third kappa shape index (κ3) is 11.5. The molecule has 19 heteroatoms. The number of nitrogens with one attached hydrogen (secondary N) is 3. The topological polar surface area (TPSA) is 254 Å². The van der Waals surface area contributed by atoms with Gasteiger partial charge in [-0.3, -0.25) is 24.2 Å². The molecule has 1 saturated heterocycles. The van der Waals surface area contributed by atoms with Gasteiger partial charge in [-0.2, -0.15) is 11.8 Å². The number of carbonyl (C=O) groups is 3. The second kappa shape index (κ2) is 17.2. The minimum absolute atomic E-state index is 0. The van der Waals surface area contributed by atoms with Crippen molar-refractivity contribution in [2.24, 2.45) is 0 Å². The van der Waals surface area contributed by atoms with E-state index in [1.807, 2.05) is 0 Å². The van der Waals surface area contributed by atoms with E-state index in [4.69, 9.17) is 14.3 Å². The summed E-state index contributed by atoms with van der Waals surface area (Å²) in [7, 11) is 4.84. The van der Waals surface area contributed by atoms with Crippen LogP contribution in [0.5, 0.6) is 0 Å². The number of thioether (sulfide) groups is 1. The molecule has 2 rings (SSSR count). The molecule has 0 radical (unpaired) electrons. The molecule has 17 nitrogen and oxygen atoms in total. The molecule has 0 aliphatic carbocycles. The lowest BCUT2D eigenvalue weighted by Gasteiger charge is -2.46. The number of aliphatic hydroxyl groups excluding tert-OH is 3. The molecule has 1 aromatic rings. The Labute approximate surface area is 257 Å². The Hall–Kier alpha value is -3.13. The van der Waals surface area contributed by atoms with Gasteiger partial charge in [0.25, 0.3) is 12.1 Å². The molecule has 2 heterocycles. The Morgan fingerprint density at radius 1 is 1.14 bits per heavy atom. The minimum Gasteiger partial charge on any atom is -1.00 e. The zero-order valence-corrected chi connectivity index (χ0v) is 25.3. The third-order valence-corrected chi connectivity index (χ3v) is 7.37. The summed E-state index contributed by atoms with van der Waals surface area (Å²) < 4.78 is 11.4. The molecule has 244 valence electrons. The van der Waals surface area contributed by atoms with Crippen LogP contribution in [0.4, 0.5) is 0 Å². The van der Waals surface area contributed by atoms with Crippen LogP contribution in [0.3, 0.4) is 0 Å². The van der Waals surface area contributed by atoms with E-state index >= 15 is 0 Å². The second-order valence-electron chi connectivity index (χ2n) is 10.1.